The molecule has 0 aromatic heterocycles. The molecule has 0 spiro atoms. The predicted molar refractivity (Wildman–Crippen MR) is 58.1 cm³/mol. The molecule has 2 atom stereocenters. The Bertz CT molecular complexity index is 169. The number of carbonyl (C=O) groups is 1. The number of ketones is 1. The fraction of sp³-hybridized carbons (Fsp3) is 0.909. The van der Waals surface area contributed by atoms with E-state index in [2.05, 4.69) is 13.8 Å². The largest absolute Gasteiger partial charge is 0.385 e. The quantitative estimate of drug-likeness (QED) is 0.680. The number of ether oxygens (including phenoxy) is 1. The van der Waals surface area contributed by atoms with Crippen LogP contribution in [0.4, 0.5) is 0 Å². The highest BCUT2D eigenvalue weighted by atomic mass is 16.5. The van der Waals surface area contributed by atoms with Gasteiger partial charge < -0.3 is 10.5 Å². The first-order valence-corrected chi connectivity index (χ1v) is 5.27. The van der Waals surface area contributed by atoms with Crippen molar-refractivity contribution in [1.82, 2.24) is 0 Å². The molecule has 0 bridgehead atoms. The molecule has 0 saturated carbocycles. The topological polar surface area (TPSA) is 52.3 Å². The van der Waals surface area contributed by atoms with Gasteiger partial charge in [-0.2, -0.15) is 0 Å². The van der Waals surface area contributed by atoms with Crippen molar-refractivity contribution in [3.63, 3.8) is 0 Å². The molecule has 0 aromatic carbocycles. The van der Waals surface area contributed by atoms with Crippen molar-refractivity contribution in [3.05, 3.63) is 0 Å². The van der Waals surface area contributed by atoms with Gasteiger partial charge >= 0.3 is 0 Å². The van der Waals surface area contributed by atoms with Gasteiger partial charge in [0.2, 0.25) is 0 Å². The summed E-state index contributed by atoms with van der Waals surface area (Å²) in [5.74, 6) is 0.656. The first-order valence-electron chi connectivity index (χ1n) is 5.27. The van der Waals surface area contributed by atoms with Gasteiger partial charge in [-0.3, -0.25) is 4.79 Å². The number of hydrogen-bond acceptors (Lipinski definition) is 3. The Balaban J connectivity index is 3.91. The van der Waals surface area contributed by atoms with Crippen molar-refractivity contribution < 1.29 is 9.53 Å². The number of rotatable bonds is 7. The highest BCUT2D eigenvalue weighted by Crippen LogP contribution is 2.11. The Kier molecular flexibility index (Phi) is 6.75. The lowest BCUT2D eigenvalue weighted by Crippen LogP contribution is -2.36. The van der Waals surface area contributed by atoms with Crippen LogP contribution in [0.1, 0.15) is 33.6 Å². The zero-order valence-corrected chi connectivity index (χ0v) is 9.75. The Labute approximate surface area is 87.0 Å². The zero-order valence-electron chi connectivity index (χ0n) is 9.75. The van der Waals surface area contributed by atoms with E-state index < -0.39 is 0 Å². The number of hydrogen-bond donors (Lipinski definition) is 1. The van der Waals surface area contributed by atoms with Gasteiger partial charge in [0.1, 0.15) is 0 Å². The summed E-state index contributed by atoms with van der Waals surface area (Å²) in [6.07, 6.45) is 1.54. The summed E-state index contributed by atoms with van der Waals surface area (Å²) in [5, 5.41) is 0. The lowest BCUT2D eigenvalue weighted by molar-refractivity contribution is -0.124. The maximum atomic E-state index is 11.7. The van der Waals surface area contributed by atoms with Gasteiger partial charge in [0.05, 0.1) is 6.04 Å². The molecule has 0 heterocycles. The van der Waals surface area contributed by atoms with Crippen LogP contribution in [-0.2, 0) is 9.53 Å². The summed E-state index contributed by atoms with van der Waals surface area (Å²) >= 11 is 0. The van der Waals surface area contributed by atoms with E-state index in [-0.39, 0.29) is 17.7 Å². The molecule has 3 heteroatoms. The second-order valence-corrected chi connectivity index (χ2v) is 4.32. The highest BCUT2D eigenvalue weighted by Gasteiger charge is 2.20. The van der Waals surface area contributed by atoms with Crippen LogP contribution in [0.15, 0.2) is 0 Å². The summed E-state index contributed by atoms with van der Waals surface area (Å²) in [6.45, 7) is 6.70. The van der Waals surface area contributed by atoms with Crippen molar-refractivity contribution in [2.75, 3.05) is 13.7 Å². The molecule has 0 aliphatic rings. The summed E-state index contributed by atoms with van der Waals surface area (Å²) < 4.78 is 4.93. The van der Waals surface area contributed by atoms with Gasteiger partial charge in [-0.25, -0.2) is 0 Å². The Hall–Kier alpha value is -0.410. The van der Waals surface area contributed by atoms with Gasteiger partial charge in [0.15, 0.2) is 5.78 Å². The van der Waals surface area contributed by atoms with Crippen LogP contribution in [0.5, 0.6) is 0 Å². The first-order chi connectivity index (χ1) is 6.49. The van der Waals surface area contributed by atoms with Crippen LogP contribution in [0.3, 0.4) is 0 Å². The SMILES string of the molecule is COCCC(C)C(=O)C(N)CC(C)C. The predicted octanol–water partition coefficient (Wildman–Crippen LogP) is 1.60. The van der Waals surface area contributed by atoms with Crippen LogP contribution < -0.4 is 5.73 Å². The van der Waals surface area contributed by atoms with Gasteiger partial charge in [0, 0.05) is 19.6 Å². The van der Waals surface area contributed by atoms with E-state index in [0.29, 0.717) is 12.5 Å². The monoisotopic (exact) mass is 201 g/mol. The number of carbonyl (C=O) groups excluding carboxylic acids is 1. The Morgan fingerprint density at radius 1 is 1.36 bits per heavy atom. The van der Waals surface area contributed by atoms with E-state index in [1.165, 1.54) is 0 Å². The van der Waals surface area contributed by atoms with Crippen LogP contribution in [0, 0.1) is 11.8 Å². The molecule has 0 amide bonds. The molecule has 0 aliphatic carbocycles. The van der Waals surface area contributed by atoms with Crippen LogP contribution >= 0.6 is 0 Å². The average molecular weight is 201 g/mol. The molecule has 0 aliphatic heterocycles. The minimum Gasteiger partial charge on any atom is -0.385 e. The third-order valence-corrected chi connectivity index (χ3v) is 2.33. The molecular formula is C11H23NO2. The lowest BCUT2D eigenvalue weighted by Gasteiger charge is -2.17. The number of Topliss-reactive ketones (excluding diaryl/α,β-unsaturated/α-hetero) is 1. The van der Waals surface area contributed by atoms with E-state index in [1.54, 1.807) is 7.11 Å². The zero-order chi connectivity index (χ0) is 11.1. The van der Waals surface area contributed by atoms with Crippen molar-refractivity contribution in [3.8, 4) is 0 Å². The maximum Gasteiger partial charge on any atom is 0.152 e. The first kappa shape index (κ1) is 13.6. The van der Waals surface area contributed by atoms with Gasteiger partial charge in [-0.15, -0.1) is 0 Å². The molecule has 14 heavy (non-hydrogen) atoms. The van der Waals surface area contributed by atoms with E-state index in [4.69, 9.17) is 10.5 Å². The summed E-state index contributed by atoms with van der Waals surface area (Å²) in [4.78, 5) is 11.7. The molecule has 0 rings (SSSR count). The Morgan fingerprint density at radius 2 is 1.93 bits per heavy atom. The standard InChI is InChI=1S/C11H23NO2/c1-8(2)7-10(12)11(13)9(3)5-6-14-4/h8-10H,5-7,12H2,1-4H3. The van der Waals surface area contributed by atoms with Crippen LogP contribution in [0.2, 0.25) is 0 Å². The fourth-order valence-electron chi connectivity index (χ4n) is 1.43. The Morgan fingerprint density at radius 3 is 2.36 bits per heavy atom. The third kappa shape index (κ3) is 5.35. The molecule has 2 N–H and O–H groups in total. The fourth-order valence-corrected chi connectivity index (χ4v) is 1.43. The molecule has 3 nitrogen and oxygen atoms in total. The van der Waals surface area contributed by atoms with Crippen LogP contribution in [-0.4, -0.2) is 25.5 Å². The third-order valence-electron chi connectivity index (χ3n) is 2.33. The molecule has 0 saturated heterocycles. The second-order valence-electron chi connectivity index (χ2n) is 4.32. The average Bonchev–Trinajstić information content (AvgIpc) is 2.11. The van der Waals surface area contributed by atoms with E-state index in [9.17, 15) is 4.79 Å². The van der Waals surface area contributed by atoms with E-state index in [1.807, 2.05) is 6.92 Å². The second kappa shape index (κ2) is 6.96. The number of methoxy groups -OCH3 is 1. The summed E-state index contributed by atoms with van der Waals surface area (Å²) in [5.41, 5.74) is 5.80. The normalized spacial score (nSPS) is 15.6. The smallest absolute Gasteiger partial charge is 0.152 e. The van der Waals surface area contributed by atoms with Crippen molar-refractivity contribution in [2.24, 2.45) is 17.6 Å². The molecule has 2 unspecified atom stereocenters. The molecule has 0 aromatic rings. The van der Waals surface area contributed by atoms with Crippen molar-refractivity contribution in [2.45, 2.75) is 39.7 Å². The van der Waals surface area contributed by atoms with Gasteiger partial charge in [-0.05, 0) is 18.8 Å². The highest BCUT2D eigenvalue weighted by molar-refractivity contribution is 5.85. The molecule has 0 fully saturated rings. The van der Waals surface area contributed by atoms with E-state index in [0.717, 1.165) is 12.8 Å². The molecule has 0 radical (unpaired) electrons. The van der Waals surface area contributed by atoms with Gasteiger partial charge in [-0.1, -0.05) is 20.8 Å². The summed E-state index contributed by atoms with van der Waals surface area (Å²) in [6, 6.07) is -0.304. The summed E-state index contributed by atoms with van der Waals surface area (Å²) in [7, 11) is 1.64. The minimum absolute atomic E-state index is 0.0173. The number of nitrogens with two attached hydrogens (primary N) is 1. The molecule has 84 valence electrons. The minimum atomic E-state index is -0.304. The van der Waals surface area contributed by atoms with Gasteiger partial charge in [0.25, 0.3) is 0 Å². The van der Waals surface area contributed by atoms with E-state index >= 15 is 0 Å². The lowest BCUT2D eigenvalue weighted by atomic mass is 9.92. The van der Waals surface area contributed by atoms with Crippen LogP contribution in [0.25, 0.3) is 0 Å². The maximum absolute atomic E-state index is 11.7. The molecular weight excluding hydrogens is 178 g/mol. The van der Waals surface area contributed by atoms with Crippen molar-refractivity contribution >= 4 is 5.78 Å². The van der Waals surface area contributed by atoms with Crippen molar-refractivity contribution in [1.29, 1.82) is 0 Å².